The smallest absolute Gasteiger partial charge is 0.0355 e. The molecule has 3 N–H and O–H groups in total. The lowest BCUT2D eigenvalue weighted by atomic mass is 9.97. The van der Waals surface area contributed by atoms with Gasteiger partial charge in [0.1, 0.15) is 0 Å². The second-order valence-electron chi connectivity index (χ2n) is 4.77. The van der Waals surface area contributed by atoms with Crippen molar-refractivity contribution in [3.05, 3.63) is 66.7 Å². The summed E-state index contributed by atoms with van der Waals surface area (Å²) in [5.74, 6) is 0.477. The Kier molecular flexibility index (Phi) is 10.1. The van der Waals surface area contributed by atoms with Gasteiger partial charge in [0.25, 0.3) is 0 Å². The first-order valence-electron chi connectivity index (χ1n) is 7.66. The van der Waals surface area contributed by atoms with Gasteiger partial charge in [-0.05, 0) is 28.7 Å². The summed E-state index contributed by atoms with van der Waals surface area (Å²) < 4.78 is 0. The second kappa shape index (κ2) is 11.3. The number of rotatable bonds is 3. The number of allylic oxidation sites excluding steroid dienone is 1. The molecule has 0 bridgehead atoms. The van der Waals surface area contributed by atoms with Gasteiger partial charge in [0.05, 0.1) is 0 Å². The van der Waals surface area contributed by atoms with Crippen LogP contribution in [0.4, 0.5) is 5.69 Å². The van der Waals surface area contributed by atoms with Crippen molar-refractivity contribution in [2.24, 2.45) is 0 Å². The molecule has 2 rings (SSSR count). The second-order valence-corrected chi connectivity index (χ2v) is 4.77. The third-order valence-corrected chi connectivity index (χ3v) is 2.93. The normalized spacial score (nSPS) is 8.95. The fourth-order valence-corrected chi connectivity index (χ4v) is 1.91. The van der Waals surface area contributed by atoms with Crippen LogP contribution in [0, 0.1) is 5.41 Å². The molecule has 0 saturated heterocycles. The molecular formula is C20H28N2. The first-order chi connectivity index (χ1) is 10.6. The molecule has 2 aromatic rings. The summed E-state index contributed by atoms with van der Waals surface area (Å²) in [6.07, 6.45) is 2.56. The molecule has 0 aromatic heterocycles. The fourth-order valence-electron chi connectivity index (χ4n) is 1.91. The molecule has 2 nitrogen and oxygen atoms in total. The molecule has 0 aliphatic heterocycles. The SMILES string of the molecule is C=CC=N.CC.CC(C)c1ccc(-c2ccccc2)cc1N. The minimum atomic E-state index is 0.477. The van der Waals surface area contributed by atoms with Crippen molar-refractivity contribution in [3.8, 4) is 11.1 Å². The number of nitrogens with two attached hydrogens (primary N) is 1. The Morgan fingerprint density at radius 2 is 1.55 bits per heavy atom. The molecule has 118 valence electrons. The van der Waals surface area contributed by atoms with E-state index in [-0.39, 0.29) is 0 Å². The van der Waals surface area contributed by atoms with Crippen LogP contribution in [0.2, 0.25) is 0 Å². The summed E-state index contributed by atoms with van der Waals surface area (Å²) in [4.78, 5) is 0. The van der Waals surface area contributed by atoms with Gasteiger partial charge in [0, 0.05) is 11.9 Å². The van der Waals surface area contributed by atoms with E-state index < -0.39 is 0 Å². The van der Waals surface area contributed by atoms with E-state index >= 15 is 0 Å². The summed E-state index contributed by atoms with van der Waals surface area (Å²) in [5, 5.41) is 6.21. The lowest BCUT2D eigenvalue weighted by Crippen LogP contribution is -1.96. The Bertz CT molecular complexity index is 551. The predicted octanol–water partition coefficient (Wildman–Crippen LogP) is 5.91. The number of hydrogen-bond donors (Lipinski definition) is 2. The van der Waals surface area contributed by atoms with Crippen LogP contribution >= 0.6 is 0 Å². The minimum Gasteiger partial charge on any atom is -0.398 e. The molecule has 0 fully saturated rings. The van der Waals surface area contributed by atoms with E-state index in [1.54, 1.807) is 0 Å². The van der Waals surface area contributed by atoms with E-state index in [9.17, 15) is 0 Å². The number of anilines is 1. The largest absolute Gasteiger partial charge is 0.398 e. The maximum atomic E-state index is 6.21. The molecule has 0 saturated carbocycles. The van der Waals surface area contributed by atoms with Crippen molar-refractivity contribution in [2.45, 2.75) is 33.6 Å². The Labute approximate surface area is 135 Å². The van der Waals surface area contributed by atoms with Crippen LogP contribution in [0.1, 0.15) is 39.2 Å². The number of nitrogen functional groups attached to an aromatic ring is 1. The Morgan fingerprint density at radius 3 is 1.95 bits per heavy atom. The van der Waals surface area contributed by atoms with E-state index in [0.717, 1.165) is 11.9 Å². The van der Waals surface area contributed by atoms with Gasteiger partial charge in [-0.3, -0.25) is 0 Å². The van der Waals surface area contributed by atoms with Gasteiger partial charge in [0.2, 0.25) is 0 Å². The minimum absolute atomic E-state index is 0.477. The van der Waals surface area contributed by atoms with Crippen molar-refractivity contribution >= 4 is 11.9 Å². The molecule has 2 aromatic carbocycles. The quantitative estimate of drug-likeness (QED) is 0.537. The van der Waals surface area contributed by atoms with Crippen LogP contribution in [0.3, 0.4) is 0 Å². The van der Waals surface area contributed by atoms with E-state index in [2.05, 4.69) is 50.8 Å². The monoisotopic (exact) mass is 296 g/mol. The molecule has 22 heavy (non-hydrogen) atoms. The molecule has 0 atom stereocenters. The maximum absolute atomic E-state index is 6.21. The van der Waals surface area contributed by atoms with Gasteiger partial charge in [0.15, 0.2) is 0 Å². The number of benzene rings is 2. The lowest BCUT2D eigenvalue weighted by molar-refractivity contribution is 0.870. The summed E-state index contributed by atoms with van der Waals surface area (Å²) in [6, 6.07) is 16.6. The molecule has 0 spiro atoms. The van der Waals surface area contributed by atoms with Crippen molar-refractivity contribution in [2.75, 3.05) is 5.73 Å². The van der Waals surface area contributed by atoms with Crippen LogP contribution in [0.15, 0.2) is 61.2 Å². The molecule has 0 aliphatic rings. The van der Waals surface area contributed by atoms with Crippen LogP contribution < -0.4 is 5.73 Å². The van der Waals surface area contributed by atoms with Crippen molar-refractivity contribution < 1.29 is 0 Å². The highest BCUT2D eigenvalue weighted by Crippen LogP contribution is 2.27. The Hall–Kier alpha value is -2.35. The first kappa shape index (κ1) is 19.7. The zero-order chi connectivity index (χ0) is 17.0. The highest BCUT2D eigenvalue weighted by atomic mass is 14.6. The highest BCUT2D eigenvalue weighted by Gasteiger charge is 2.05. The standard InChI is InChI=1S/C15H17N.C3H5N.C2H6/c1-11(2)14-9-8-13(10-15(14)16)12-6-4-3-5-7-12;1-2-3-4;1-2/h3-11H,16H2,1-2H3;2-4H,1H2;1-2H3. The summed E-state index contributed by atoms with van der Waals surface area (Å²) in [7, 11) is 0. The van der Waals surface area contributed by atoms with Gasteiger partial charge in [-0.1, -0.05) is 82.8 Å². The topological polar surface area (TPSA) is 49.9 Å². The molecule has 0 unspecified atom stereocenters. The van der Waals surface area contributed by atoms with Gasteiger partial charge >= 0.3 is 0 Å². The van der Waals surface area contributed by atoms with Crippen LogP contribution in [0.25, 0.3) is 11.1 Å². The average molecular weight is 296 g/mol. The van der Waals surface area contributed by atoms with Crippen molar-refractivity contribution in [3.63, 3.8) is 0 Å². The number of nitrogens with one attached hydrogen (secondary N) is 1. The summed E-state index contributed by atoms with van der Waals surface area (Å²) in [5.41, 5.74) is 10.6. The van der Waals surface area contributed by atoms with Crippen molar-refractivity contribution in [1.29, 1.82) is 5.41 Å². The van der Waals surface area contributed by atoms with Gasteiger partial charge < -0.3 is 11.1 Å². The molecule has 0 aliphatic carbocycles. The van der Waals surface area contributed by atoms with Crippen LogP contribution in [-0.4, -0.2) is 6.21 Å². The zero-order valence-corrected chi connectivity index (χ0v) is 14.1. The average Bonchev–Trinajstić information content (AvgIpc) is 2.57. The van der Waals surface area contributed by atoms with Crippen LogP contribution in [-0.2, 0) is 0 Å². The molecule has 0 heterocycles. The third kappa shape index (κ3) is 6.40. The van der Waals surface area contributed by atoms with Crippen molar-refractivity contribution in [1.82, 2.24) is 0 Å². The molecule has 2 heteroatoms. The molecular weight excluding hydrogens is 268 g/mol. The predicted molar refractivity (Wildman–Crippen MR) is 101 cm³/mol. The van der Waals surface area contributed by atoms with Gasteiger partial charge in [-0.25, -0.2) is 0 Å². The number of hydrogen-bond acceptors (Lipinski definition) is 2. The summed E-state index contributed by atoms with van der Waals surface area (Å²) >= 11 is 0. The van der Waals surface area contributed by atoms with Gasteiger partial charge in [-0.15, -0.1) is 0 Å². The molecule has 0 amide bonds. The van der Waals surface area contributed by atoms with Crippen LogP contribution in [0.5, 0.6) is 0 Å². The van der Waals surface area contributed by atoms with E-state index in [1.165, 1.54) is 22.8 Å². The van der Waals surface area contributed by atoms with E-state index in [1.807, 2.05) is 32.0 Å². The van der Waals surface area contributed by atoms with E-state index in [0.29, 0.717) is 5.92 Å². The zero-order valence-electron chi connectivity index (χ0n) is 14.1. The lowest BCUT2D eigenvalue weighted by Gasteiger charge is -2.11. The third-order valence-electron chi connectivity index (χ3n) is 2.93. The first-order valence-corrected chi connectivity index (χ1v) is 7.66. The molecule has 0 radical (unpaired) electrons. The summed E-state index contributed by atoms with van der Waals surface area (Å²) in [6.45, 7) is 11.6. The Morgan fingerprint density at radius 1 is 1.00 bits per heavy atom. The fraction of sp³-hybridized carbons (Fsp3) is 0.250. The van der Waals surface area contributed by atoms with E-state index in [4.69, 9.17) is 11.1 Å². The maximum Gasteiger partial charge on any atom is 0.0355 e. The Balaban J connectivity index is 0.000000640. The highest BCUT2D eigenvalue weighted by molar-refractivity contribution is 5.69. The van der Waals surface area contributed by atoms with Gasteiger partial charge in [-0.2, -0.15) is 0 Å².